The van der Waals surface area contributed by atoms with E-state index in [1.54, 1.807) is 45.1 Å². The minimum Gasteiger partial charge on any atom is -0.497 e. The fraction of sp³-hybridized carbons (Fsp3) is 0.421. The molecule has 1 saturated heterocycles. The maximum Gasteiger partial charge on any atom is 0.258 e. The summed E-state index contributed by atoms with van der Waals surface area (Å²) in [6, 6.07) is 5.09. The lowest BCUT2D eigenvalue weighted by Gasteiger charge is -2.21. The van der Waals surface area contributed by atoms with E-state index in [0.29, 0.717) is 47.4 Å². The van der Waals surface area contributed by atoms with Crippen molar-refractivity contribution >= 4 is 16.9 Å². The molecular formula is C19H21N3O5. The minimum absolute atomic E-state index is 0.0980. The van der Waals surface area contributed by atoms with Crippen LogP contribution in [0.5, 0.6) is 5.75 Å². The van der Waals surface area contributed by atoms with Crippen LogP contribution in [0.25, 0.3) is 11.0 Å². The van der Waals surface area contributed by atoms with Crippen molar-refractivity contribution in [3.8, 4) is 5.75 Å². The Balaban J connectivity index is 1.76. The lowest BCUT2D eigenvalue weighted by atomic mass is 10.1. The molecule has 0 aliphatic carbocycles. The van der Waals surface area contributed by atoms with Gasteiger partial charge in [-0.15, -0.1) is 10.2 Å². The maximum atomic E-state index is 13.5. The van der Waals surface area contributed by atoms with Gasteiger partial charge in [-0.25, -0.2) is 0 Å². The van der Waals surface area contributed by atoms with Gasteiger partial charge in [-0.05, 0) is 25.1 Å². The van der Waals surface area contributed by atoms with Crippen LogP contribution in [0.4, 0.5) is 0 Å². The van der Waals surface area contributed by atoms with Crippen LogP contribution in [0, 0.1) is 13.8 Å². The Kier molecular flexibility index (Phi) is 4.35. The van der Waals surface area contributed by atoms with E-state index in [4.69, 9.17) is 18.3 Å². The number of aryl methyl sites for hydroxylation is 2. The van der Waals surface area contributed by atoms with Crippen LogP contribution in [0.1, 0.15) is 40.4 Å². The third-order valence-electron chi connectivity index (χ3n) is 4.97. The summed E-state index contributed by atoms with van der Waals surface area (Å²) in [5.74, 6) is 1.96. The number of amides is 1. The van der Waals surface area contributed by atoms with Gasteiger partial charge in [0.1, 0.15) is 23.1 Å². The predicted molar refractivity (Wildman–Crippen MR) is 95.7 cm³/mol. The van der Waals surface area contributed by atoms with Crippen LogP contribution in [-0.4, -0.2) is 47.9 Å². The Morgan fingerprint density at radius 1 is 1.22 bits per heavy atom. The number of furan rings is 1. The summed E-state index contributed by atoms with van der Waals surface area (Å²) in [5.41, 5.74) is 1.16. The summed E-state index contributed by atoms with van der Waals surface area (Å²) in [6.45, 7) is 3.96. The molecule has 3 aromatic rings. The van der Waals surface area contributed by atoms with Crippen LogP contribution < -0.4 is 4.74 Å². The molecule has 2 aromatic heterocycles. The second-order valence-corrected chi connectivity index (χ2v) is 6.62. The topological polar surface area (TPSA) is 90.8 Å². The summed E-state index contributed by atoms with van der Waals surface area (Å²) in [4.78, 5) is 15.2. The van der Waals surface area contributed by atoms with Crippen molar-refractivity contribution in [3.63, 3.8) is 0 Å². The smallest absolute Gasteiger partial charge is 0.258 e. The molecule has 1 aliphatic heterocycles. The van der Waals surface area contributed by atoms with Crippen LogP contribution in [0.3, 0.4) is 0 Å². The van der Waals surface area contributed by atoms with E-state index in [0.717, 1.165) is 5.39 Å². The molecule has 1 fully saturated rings. The standard InChI is InChI=1S/C19H21N3O5/c1-10-17(14-7-12(24-3)5-6-16(14)26-10)19(23)22-9-13(25-4)8-15(22)18-21-20-11(2)27-18/h5-7,13,15H,8-9H2,1-4H3/t13-,15+/m0/s1. The molecule has 4 rings (SSSR count). The summed E-state index contributed by atoms with van der Waals surface area (Å²) < 4.78 is 22.2. The van der Waals surface area contributed by atoms with Gasteiger partial charge >= 0.3 is 0 Å². The first kappa shape index (κ1) is 17.5. The minimum atomic E-state index is -0.335. The van der Waals surface area contributed by atoms with Gasteiger partial charge in [0.2, 0.25) is 11.8 Å². The number of aromatic nitrogens is 2. The number of methoxy groups -OCH3 is 2. The second kappa shape index (κ2) is 6.70. The zero-order valence-electron chi connectivity index (χ0n) is 15.7. The predicted octanol–water partition coefficient (Wildman–Crippen LogP) is 3.04. The first-order valence-electron chi connectivity index (χ1n) is 8.72. The third-order valence-corrected chi connectivity index (χ3v) is 4.97. The molecule has 0 bridgehead atoms. The number of likely N-dealkylation sites (tertiary alicyclic amines) is 1. The molecular weight excluding hydrogens is 350 g/mol. The Bertz CT molecular complexity index is 993. The maximum absolute atomic E-state index is 13.5. The van der Waals surface area contributed by atoms with Gasteiger partial charge in [0.25, 0.3) is 5.91 Å². The van der Waals surface area contributed by atoms with Crippen molar-refractivity contribution in [2.75, 3.05) is 20.8 Å². The van der Waals surface area contributed by atoms with Gasteiger partial charge in [-0.2, -0.15) is 0 Å². The molecule has 0 N–H and O–H groups in total. The number of nitrogens with zero attached hydrogens (tertiary/aromatic N) is 3. The number of rotatable bonds is 4. The zero-order chi connectivity index (χ0) is 19.1. The average molecular weight is 371 g/mol. The number of carbonyl (C=O) groups is 1. The monoisotopic (exact) mass is 371 g/mol. The van der Waals surface area contributed by atoms with Gasteiger partial charge in [0.05, 0.1) is 18.8 Å². The molecule has 142 valence electrons. The molecule has 0 unspecified atom stereocenters. The van der Waals surface area contributed by atoms with E-state index in [-0.39, 0.29) is 18.1 Å². The Morgan fingerprint density at radius 3 is 2.70 bits per heavy atom. The number of fused-ring (bicyclic) bond motifs is 1. The normalized spacial score (nSPS) is 19.8. The molecule has 8 heteroatoms. The molecule has 1 aromatic carbocycles. The van der Waals surface area contributed by atoms with Gasteiger partial charge in [-0.3, -0.25) is 4.79 Å². The number of hydrogen-bond acceptors (Lipinski definition) is 7. The zero-order valence-corrected chi connectivity index (χ0v) is 15.7. The highest BCUT2D eigenvalue weighted by Gasteiger charge is 2.41. The van der Waals surface area contributed by atoms with Crippen molar-refractivity contribution in [2.45, 2.75) is 32.4 Å². The van der Waals surface area contributed by atoms with Crippen molar-refractivity contribution in [2.24, 2.45) is 0 Å². The van der Waals surface area contributed by atoms with Crippen molar-refractivity contribution in [3.05, 3.63) is 41.3 Å². The SMILES string of the molecule is COc1ccc2oc(C)c(C(=O)N3C[C@@H](OC)C[C@@H]3c3nnc(C)o3)c2c1. The number of hydrogen-bond donors (Lipinski definition) is 0. The van der Waals surface area contributed by atoms with E-state index < -0.39 is 0 Å². The molecule has 0 spiro atoms. The third kappa shape index (κ3) is 2.95. The Morgan fingerprint density at radius 2 is 2.04 bits per heavy atom. The van der Waals surface area contributed by atoms with Gasteiger partial charge in [-0.1, -0.05) is 0 Å². The summed E-state index contributed by atoms with van der Waals surface area (Å²) in [5, 5.41) is 8.73. The fourth-order valence-corrected chi connectivity index (χ4v) is 3.61. The van der Waals surface area contributed by atoms with Gasteiger partial charge in [0, 0.05) is 32.4 Å². The summed E-state index contributed by atoms with van der Waals surface area (Å²) in [6.07, 6.45) is 0.501. The summed E-state index contributed by atoms with van der Waals surface area (Å²) in [7, 11) is 3.23. The van der Waals surface area contributed by atoms with E-state index in [9.17, 15) is 4.79 Å². The molecule has 2 atom stereocenters. The van der Waals surface area contributed by atoms with Crippen LogP contribution >= 0.6 is 0 Å². The van der Waals surface area contributed by atoms with Crippen LogP contribution in [0.15, 0.2) is 27.0 Å². The number of carbonyl (C=O) groups excluding carboxylic acids is 1. The van der Waals surface area contributed by atoms with E-state index in [1.807, 2.05) is 6.07 Å². The highest BCUT2D eigenvalue weighted by molar-refractivity contribution is 6.07. The van der Waals surface area contributed by atoms with E-state index in [1.165, 1.54) is 0 Å². The lowest BCUT2D eigenvalue weighted by molar-refractivity contribution is 0.0674. The largest absolute Gasteiger partial charge is 0.497 e. The Hall–Kier alpha value is -2.87. The highest BCUT2D eigenvalue weighted by Crippen LogP contribution is 2.37. The first-order chi connectivity index (χ1) is 13.0. The number of benzene rings is 1. The molecule has 1 amide bonds. The van der Waals surface area contributed by atoms with Crippen molar-refractivity contribution in [1.82, 2.24) is 15.1 Å². The molecule has 3 heterocycles. The molecule has 1 aliphatic rings. The first-order valence-corrected chi connectivity index (χ1v) is 8.72. The van der Waals surface area contributed by atoms with Crippen LogP contribution in [0.2, 0.25) is 0 Å². The molecule has 0 radical (unpaired) electrons. The lowest BCUT2D eigenvalue weighted by Crippen LogP contribution is -2.32. The van der Waals surface area contributed by atoms with Crippen LogP contribution in [-0.2, 0) is 4.74 Å². The highest BCUT2D eigenvalue weighted by atomic mass is 16.5. The molecule has 0 saturated carbocycles. The van der Waals surface area contributed by atoms with Gasteiger partial charge < -0.3 is 23.2 Å². The van der Waals surface area contributed by atoms with Crippen molar-refractivity contribution < 1.29 is 23.1 Å². The summed E-state index contributed by atoms with van der Waals surface area (Å²) >= 11 is 0. The average Bonchev–Trinajstić information content (AvgIpc) is 3.36. The quantitative estimate of drug-likeness (QED) is 0.696. The number of ether oxygens (including phenoxy) is 2. The Labute approximate surface area is 156 Å². The van der Waals surface area contributed by atoms with Gasteiger partial charge in [0.15, 0.2) is 0 Å². The second-order valence-electron chi connectivity index (χ2n) is 6.62. The van der Waals surface area contributed by atoms with E-state index in [2.05, 4.69) is 10.2 Å². The fourth-order valence-electron chi connectivity index (χ4n) is 3.61. The van der Waals surface area contributed by atoms with Crippen molar-refractivity contribution in [1.29, 1.82) is 0 Å². The molecule has 8 nitrogen and oxygen atoms in total. The van der Waals surface area contributed by atoms with E-state index >= 15 is 0 Å². The molecule has 27 heavy (non-hydrogen) atoms.